The van der Waals surface area contributed by atoms with Crippen LogP contribution in [0.2, 0.25) is 0 Å². The number of nitrogen functional groups attached to an aromatic ring is 1. The van der Waals surface area contributed by atoms with Gasteiger partial charge in [0.25, 0.3) is 0 Å². The largest absolute Gasteiger partial charge is 0.341 e. The molecule has 1 atom stereocenters. The summed E-state index contributed by atoms with van der Waals surface area (Å²) in [5, 5.41) is 11.5. The highest BCUT2D eigenvalue weighted by molar-refractivity contribution is 7.99. The van der Waals surface area contributed by atoms with Gasteiger partial charge < -0.3 is 15.7 Å². The van der Waals surface area contributed by atoms with E-state index in [1.165, 1.54) is 16.8 Å². The van der Waals surface area contributed by atoms with E-state index >= 15 is 0 Å². The highest BCUT2D eigenvalue weighted by Crippen LogP contribution is 2.23. The fourth-order valence-electron chi connectivity index (χ4n) is 3.10. The van der Waals surface area contributed by atoms with Crippen molar-refractivity contribution in [3.63, 3.8) is 0 Å². The van der Waals surface area contributed by atoms with E-state index in [-0.39, 0.29) is 23.5 Å². The van der Waals surface area contributed by atoms with E-state index in [0.717, 1.165) is 23.1 Å². The fraction of sp³-hybridized carbons (Fsp3) is 0.143. The van der Waals surface area contributed by atoms with Gasteiger partial charge in [0.15, 0.2) is 5.82 Å². The molecule has 31 heavy (non-hydrogen) atoms. The summed E-state index contributed by atoms with van der Waals surface area (Å²) in [6.07, 6.45) is 3.53. The quantitative estimate of drug-likeness (QED) is 0.340. The number of carbonyl (C=O) groups is 1. The summed E-state index contributed by atoms with van der Waals surface area (Å²) in [6.45, 7) is 0. The van der Waals surface area contributed by atoms with E-state index in [0.29, 0.717) is 16.5 Å². The molecule has 2 aromatic heterocycles. The van der Waals surface area contributed by atoms with Crippen LogP contribution in [0.4, 0.5) is 4.39 Å². The van der Waals surface area contributed by atoms with Crippen LogP contribution in [0.1, 0.15) is 17.4 Å². The summed E-state index contributed by atoms with van der Waals surface area (Å²) < 4.78 is 16.3. The number of rotatable bonds is 7. The smallest absolute Gasteiger partial charge is 0.231 e. The highest BCUT2D eigenvalue weighted by Gasteiger charge is 2.21. The lowest BCUT2D eigenvalue weighted by atomic mass is 10.1. The molecule has 2 heterocycles. The lowest BCUT2D eigenvalue weighted by Gasteiger charge is -2.19. The van der Waals surface area contributed by atoms with Gasteiger partial charge in [-0.2, -0.15) is 0 Å². The Balaban J connectivity index is 1.46. The molecule has 1 amide bonds. The van der Waals surface area contributed by atoms with Gasteiger partial charge in [-0.15, -0.1) is 10.2 Å². The zero-order valence-corrected chi connectivity index (χ0v) is 17.5. The number of nitrogens with zero attached hydrogens (tertiary/aromatic N) is 5. The van der Waals surface area contributed by atoms with Gasteiger partial charge in [-0.25, -0.2) is 14.1 Å². The molecular formula is C21H20FN7OS. The number of benzene rings is 2. The third-order valence-electron chi connectivity index (χ3n) is 4.65. The minimum atomic E-state index is -0.389. The normalized spacial score (nSPS) is 11.9. The summed E-state index contributed by atoms with van der Waals surface area (Å²) in [5.74, 6) is 6.74. The molecule has 0 fully saturated rings. The first-order valence-corrected chi connectivity index (χ1v) is 10.4. The molecule has 0 aliphatic heterocycles. The monoisotopic (exact) mass is 437 g/mol. The highest BCUT2D eigenvalue weighted by atomic mass is 32.2. The van der Waals surface area contributed by atoms with Crippen LogP contribution in [0.5, 0.6) is 0 Å². The minimum absolute atomic E-state index is 0.0898. The average Bonchev–Trinajstić information content (AvgIpc) is 3.37. The lowest BCUT2D eigenvalue weighted by molar-refractivity contribution is -0.119. The standard InChI is InChI=1S/C21H20FN7OS/c1-28-12-11-24-20(28)18(14-5-3-2-4-6-14)25-17(30)13-31-21-27-26-19(29(21)23)15-7-9-16(22)10-8-15/h2-12,18H,13,23H2,1H3,(H,25,30). The van der Waals surface area contributed by atoms with Gasteiger partial charge in [-0.3, -0.25) is 4.79 Å². The Hall–Kier alpha value is -3.66. The summed E-state index contributed by atoms with van der Waals surface area (Å²) in [7, 11) is 1.88. The maximum absolute atomic E-state index is 13.1. The molecule has 0 saturated carbocycles. The van der Waals surface area contributed by atoms with E-state index < -0.39 is 0 Å². The van der Waals surface area contributed by atoms with Crippen LogP contribution in [0.15, 0.2) is 72.1 Å². The molecule has 0 saturated heterocycles. The molecule has 4 aromatic rings. The summed E-state index contributed by atoms with van der Waals surface area (Å²) >= 11 is 1.16. The number of halogens is 1. The zero-order chi connectivity index (χ0) is 21.8. The van der Waals surface area contributed by atoms with Crippen LogP contribution in [0.3, 0.4) is 0 Å². The third kappa shape index (κ3) is 4.58. The number of nitrogens with one attached hydrogen (secondary N) is 1. The molecule has 3 N–H and O–H groups in total. The SMILES string of the molecule is Cn1ccnc1C(NC(=O)CSc1nnc(-c2ccc(F)cc2)n1N)c1ccccc1. The second kappa shape index (κ2) is 9.00. The van der Waals surface area contributed by atoms with Crippen LogP contribution in [0.25, 0.3) is 11.4 Å². The summed E-state index contributed by atoms with van der Waals surface area (Å²) in [4.78, 5) is 17.1. The second-order valence-corrected chi connectivity index (χ2v) is 7.72. The van der Waals surface area contributed by atoms with Gasteiger partial charge in [0.05, 0.1) is 5.75 Å². The Morgan fingerprint density at radius 2 is 1.90 bits per heavy atom. The number of aromatic nitrogens is 5. The molecule has 0 aliphatic rings. The van der Waals surface area contributed by atoms with Crippen molar-refractivity contribution in [2.75, 3.05) is 11.6 Å². The van der Waals surface area contributed by atoms with Crippen LogP contribution in [0, 0.1) is 5.82 Å². The van der Waals surface area contributed by atoms with Gasteiger partial charge >= 0.3 is 0 Å². The Labute approximate surface area is 182 Å². The number of aryl methyl sites for hydroxylation is 1. The molecule has 0 spiro atoms. The van der Waals surface area contributed by atoms with Gasteiger partial charge in [-0.05, 0) is 29.8 Å². The number of nitrogens with two attached hydrogens (primary N) is 1. The van der Waals surface area contributed by atoms with Crippen molar-refractivity contribution in [2.24, 2.45) is 7.05 Å². The number of imidazole rings is 1. The Morgan fingerprint density at radius 1 is 1.16 bits per heavy atom. The molecule has 0 radical (unpaired) electrons. The number of amides is 1. The Bertz CT molecular complexity index is 1170. The zero-order valence-electron chi connectivity index (χ0n) is 16.6. The van der Waals surface area contributed by atoms with Crippen LogP contribution >= 0.6 is 11.8 Å². The van der Waals surface area contributed by atoms with E-state index in [1.807, 2.05) is 48.1 Å². The molecule has 10 heteroatoms. The second-order valence-electron chi connectivity index (χ2n) is 6.78. The van der Waals surface area contributed by atoms with Crippen molar-refractivity contribution >= 4 is 17.7 Å². The van der Waals surface area contributed by atoms with E-state index in [4.69, 9.17) is 5.84 Å². The average molecular weight is 438 g/mol. The molecule has 8 nitrogen and oxygen atoms in total. The maximum atomic E-state index is 13.1. The van der Waals surface area contributed by atoms with Crippen molar-refractivity contribution in [3.8, 4) is 11.4 Å². The van der Waals surface area contributed by atoms with Gasteiger partial charge in [0.1, 0.15) is 17.7 Å². The first kappa shape index (κ1) is 20.6. The number of thioether (sulfide) groups is 1. The molecule has 2 aromatic carbocycles. The molecule has 158 valence electrons. The van der Waals surface area contributed by atoms with E-state index in [1.54, 1.807) is 18.3 Å². The molecule has 4 rings (SSSR count). The van der Waals surface area contributed by atoms with Gasteiger partial charge in [-0.1, -0.05) is 42.1 Å². The number of carbonyl (C=O) groups excluding carboxylic acids is 1. The number of hydrogen-bond acceptors (Lipinski definition) is 6. The predicted octanol–water partition coefficient (Wildman–Crippen LogP) is 2.53. The van der Waals surface area contributed by atoms with Gasteiger partial charge in [0, 0.05) is 25.0 Å². The summed E-state index contributed by atoms with van der Waals surface area (Å²) in [5.41, 5.74) is 1.56. The van der Waals surface area contributed by atoms with Gasteiger partial charge in [0.2, 0.25) is 11.1 Å². The van der Waals surface area contributed by atoms with Crippen LogP contribution < -0.4 is 11.2 Å². The van der Waals surface area contributed by atoms with Crippen molar-refractivity contribution in [1.29, 1.82) is 0 Å². The Kier molecular flexibility index (Phi) is 5.99. The van der Waals surface area contributed by atoms with Crippen molar-refractivity contribution < 1.29 is 9.18 Å². The minimum Gasteiger partial charge on any atom is -0.341 e. The first-order chi connectivity index (χ1) is 15.0. The van der Waals surface area contributed by atoms with Crippen molar-refractivity contribution in [3.05, 3.63) is 84.2 Å². The predicted molar refractivity (Wildman–Crippen MR) is 116 cm³/mol. The lowest BCUT2D eigenvalue weighted by Crippen LogP contribution is -2.32. The van der Waals surface area contributed by atoms with Crippen LogP contribution in [-0.2, 0) is 11.8 Å². The Morgan fingerprint density at radius 3 is 2.58 bits per heavy atom. The molecule has 1 unspecified atom stereocenters. The summed E-state index contributed by atoms with van der Waals surface area (Å²) in [6, 6.07) is 15.0. The number of hydrogen-bond donors (Lipinski definition) is 2. The van der Waals surface area contributed by atoms with E-state index in [9.17, 15) is 9.18 Å². The van der Waals surface area contributed by atoms with E-state index in [2.05, 4.69) is 20.5 Å². The first-order valence-electron chi connectivity index (χ1n) is 9.43. The third-order valence-corrected chi connectivity index (χ3v) is 5.60. The molecule has 0 aliphatic carbocycles. The topological polar surface area (TPSA) is 104 Å². The van der Waals surface area contributed by atoms with Crippen LogP contribution in [-0.4, -0.2) is 36.1 Å². The molecular weight excluding hydrogens is 417 g/mol. The molecule has 0 bridgehead atoms. The maximum Gasteiger partial charge on any atom is 0.231 e. The fourth-order valence-corrected chi connectivity index (χ4v) is 3.77. The van der Waals surface area contributed by atoms with Crippen molar-refractivity contribution in [2.45, 2.75) is 11.2 Å². The van der Waals surface area contributed by atoms with Crippen molar-refractivity contribution in [1.82, 2.24) is 29.7 Å².